The molecule has 1 saturated heterocycles. The lowest BCUT2D eigenvalue weighted by Crippen LogP contribution is -2.41. The number of rotatable bonds is 7. The summed E-state index contributed by atoms with van der Waals surface area (Å²) in [5.41, 5.74) is 1.25. The van der Waals surface area contributed by atoms with Gasteiger partial charge in [-0.25, -0.2) is 27.8 Å². The Kier molecular flexibility index (Phi) is 6.94. The number of benzene rings is 1. The molecule has 34 heavy (non-hydrogen) atoms. The van der Waals surface area contributed by atoms with E-state index in [4.69, 9.17) is 0 Å². The van der Waals surface area contributed by atoms with Gasteiger partial charge in [-0.2, -0.15) is 0 Å². The van der Waals surface area contributed by atoms with Gasteiger partial charge in [0.25, 0.3) is 0 Å². The van der Waals surface area contributed by atoms with Gasteiger partial charge in [0.1, 0.15) is 11.5 Å². The molecule has 11 heteroatoms. The Morgan fingerprint density at radius 3 is 2.41 bits per heavy atom. The van der Waals surface area contributed by atoms with E-state index in [0.29, 0.717) is 11.4 Å². The number of imidazole rings is 1. The third kappa shape index (κ3) is 5.42. The lowest BCUT2D eigenvalue weighted by atomic mass is 10.3. The van der Waals surface area contributed by atoms with Crippen molar-refractivity contribution in [1.29, 1.82) is 0 Å². The molecule has 9 nitrogen and oxygen atoms in total. The first-order valence-electron chi connectivity index (χ1n) is 10.9. The van der Waals surface area contributed by atoms with Crippen LogP contribution in [0.25, 0.3) is 11.4 Å². The fourth-order valence-corrected chi connectivity index (χ4v) is 4.67. The van der Waals surface area contributed by atoms with E-state index in [1.807, 2.05) is 13.1 Å². The van der Waals surface area contributed by atoms with E-state index in [1.54, 1.807) is 36.0 Å². The highest BCUT2D eigenvalue weighted by Crippen LogP contribution is 2.23. The predicted octanol–water partition coefficient (Wildman–Crippen LogP) is 2.60. The number of anilines is 2. The maximum atomic E-state index is 14.3. The molecule has 0 atom stereocenters. The van der Waals surface area contributed by atoms with Crippen LogP contribution in [0.1, 0.15) is 5.82 Å². The molecule has 1 aliphatic heterocycles. The Labute approximate surface area is 198 Å². The van der Waals surface area contributed by atoms with Crippen LogP contribution in [-0.4, -0.2) is 76.7 Å². The van der Waals surface area contributed by atoms with E-state index in [1.165, 1.54) is 12.1 Å². The number of aryl methyl sites for hydroxylation is 1. The molecule has 0 spiro atoms. The van der Waals surface area contributed by atoms with Crippen LogP contribution in [0.3, 0.4) is 0 Å². The molecule has 1 aliphatic rings. The Morgan fingerprint density at radius 2 is 1.76 bits per heavy atom. The van der Waals surface area contributed by atoms with Crippen molar-refractivity contribution in [2.45, 2.75) is 11.8 Å². The average molecular weight is 486 g/mol. The zero-order valence-corrected chi connectivity index (χ0v) is 20.3. The third-order valence-corrected chi connectivity index (χ3v) is 7.47. The van der Waals surface area contributed by atoms with Crippen molar-refractivity contribution in [3.05, 3.63) is 60.6 Å². The molecular weight excluding hydrogens is 457 g/mol. The summed E-state index contributed by atoms with van der Waals surface area (Å²) in [6.07, 6.45) is 6.22. The van der Waals surface area contributed by atoms with Crippen molar-refractivity contribution < 1.29 is 12.8 Å². The van der Waals surface area contributed by atoms with Crippen molar-refractivity contribution in [3.63, 3.8) is 0 Å². The molecule has 0 bridgehead atoms. The minimum Gasteiger partial charge on any atom is -0.375 e. The van der Waals surface area contributed by atoms with E-state index < -0.39 is 15.7 Å². The molecular formula is C23H28FN7O2S. The van der Waals surface area contributed by atoms with Crippen molar-refractivity contribution in [2.75, 3.05) is 44.3 Å². The van der Waals surface area contributed by atoms with Gasteiger partial charge in [-0.3, -0.25) is 0 Å². The summed E-state index contributed by atoms with van der Waals surface area (Å²) >= 11 is 0. The molecule has 3 heterocycles. The molecule has 0 aliphatic carbocycles. The molecule has 4 rings (SSSR count). The van der Waals surface area contributed by atoms with Crippen LogP contribution in [-0.2, 0) is 16.9 Å². The van der Waals surface area contributed by atoms with Gasteiger partial charge < -0.3 is 19.7 Å². The van der Waals surface area contributed by atoms with E-state index >= 15 is 0 Å². The third-order valence-electron chi connectivity index (χ3n) is 5.85. The number of halogens is 1. The maximum absolute atomic E-state index is 14.3. The zero-order valence-electron chi connectivity index (χ0n) is 19.4. The second kappa shape index (κ2) is 9.90. The fourth-order valence-electron chi connectivity index (χ4n) is 3.59. The predicted molar refractivity (Wildman–Crippen MR) is 129 cm³/mol. The van der Waals surface area contributed by atoms with Crippen LogP contribution in [0.2, 0.25) is 0 Å². The van der Waals surface area contributed by atoms with Crippen LogP contribution in [0, 0.1) is 12.7 Å². The minimum absolute atomic E-state index is 0.0688. The lowest BCUT2D eigenvalue weighted by Gasteiger charge is -2.31. The minimum atomic E-state index is -3.45. The molecule has 0 amide bonds. The van der Waals surface area contributed by atoms with Gasteiger partial charge in [0.05, 0.1) is 28.7 Å². The SMILES string of the molecule is Cc1ncc(-c2nc(Nc3ccc(S(=O)(=O)CC=CN4CCN(C)CC4)cc3)ncc2F)n1C. The van der Waals surface area contributed by atoms with Gasteiger partial charge in [0, 0.05) is 38.9 Å². The summed E-state index contributed by atoms with van der Waals surface area (Å²) < 4.78 is 41.5. The highest BCUT2D eigenvalue weighted by atomic mass is 32.2. The summed E-state index contributed by atoms with van der Waals surface area (Å²) in [4.78, 5) is 17.1. The standard InChI is InChI=1S/C23H28FN7O2S/c1-17-25-16-21(30(17)3)22-20(24)15-26-23(28-22)27-18-5-7-19(8-6-18)34(32,33)14-4-9-31-12-10-29(2)11-13-31/h4-9,15-16H,10-14H2,1-3H3,(H,26,27,28). The highest BCUT2D eigenvalue weighted by molar-refractivity contribution is 7.91. The molecule has 1 N–H and O–H groups in total. The number of sulfone groups is 1. The summed E-state index contributed by atoms with van der Waals surface area (Å²) in [7, 11) is 0.405. The van der Waals surface area contributed by atoms with Crippen LogP contribution >= 0.6 is 0 Å². The topological polar surface area (TPSA) is 96.2 Å². The number of nitrogens with zero attached hydrogens (tertiary/aromatic N) is 6. The Balaban J connectivity index is 1.42. The molecule has 1 aromatic carbocycles. The number of aromatic nitrogens is 4. The largest absolute Gasteiger partial charge is 0.375 e. The molecule has 1 fully saturated rings. The Hall–Kier alpha value is -3.31. The highest BCUT2D eigenvalue weighted by Gasteiger charge is 2.16. The molecule has 3 aromatic rings. The van der Waals surface area contributed by atoms with Gasteiger partial charge in [-0.15, -0.1) is 0 Å². The van der Waals surface area contributed by atoms with Gasteiger partial charge in [-0.05, 0) is 44.4 Å². The first-order chi connectivity index (χ1) is 16.2. The summed E-state index contributed by atoms with van der Waals surface area (Å²) in [6.45, 7) is 5.53. The van der Waals surface area contributed by atoms with Gasteiger partial charge in [0.15, 0.2) is 15.7 Å². The smallest absolute Gasteiger partial charge is 0.227 e. The number of nitrogens with one attached hydrogen (secondary N) is 1. The number of hydrogen-bond acceptors (Lipinski definition) is 8. The molecule has 0 radical (unpaired) electrons. The van der Waals surface area contributed by atoms with E-state index in [9.17, 15) is 12.8 Å². The van der Waals surface area contributed by atoms with Crippen LogP contribution in [0.4, 0.5) is 16.0 Å². The van der Waals surface area contributed by atoms with E-state index in [-0.39, 0.29) is 22.3 Å². The van der Waals surface area contributed by atoms with Crippen molar-refractivity contribution in [2.24, 2.45) is 7.05 Å². The first-order valence-corrected chi connectivity index (χ1v) is 12.6. The quantitative estimate of drug-likeness (QED) is 0.546. The van der Waals surface area contributed by atoms with Crippen LogP contribution in [0.5, 0.6) is 0 Å². The fraction of sp³-hybridized carbons (Fsp3) is 0.348. The van der Waals surface area contributed by atoms with Crippen LogP contribution < -0.4 is 5.32 Å². The second-order valence-corrected chi connectivity index (χ2v) is 10.3. The summed E-state index contributed by atoms with van der Waals surface area (Å²) in [6, 6.07) is 6.35. The maximum Gasteiger partial charge on any atom is 0.227 e. The molecule has 2 aromatic heterocycles. The number of piperazine rings is 1. The monoisotopic (exact) mass is 485 g/mol. The zero-order chi connectivity index (χ0) is 24.3. The van der Waals surface area contributed by atoms with Gasteiger partial charge in [-0.1, -0.05) is 6.08 Å². The van der Waals surface area contributed by atoms with Crippen LogP contribution in [0.15, 0.2) is 53.8 Å². The first kappa shape index (κ1) is 23.8. The van der Waals surface area contributed by atoms with Crippen molar-refractivity contribution in [1.82, 2.24) is 29.3 Å². The molecule has 0 unspecified atom stereocenters. The number of hydrogen-bond donors (Lipinski definition) is 1. The Bertz CT molecular complexity index is 1280. The van der Waals surface area contributed by atoms with Gasteiger partial charge in [0.2, 0.25) is 5.95 Å². The Morgan fingerprint density at radius 1 is 1.06 bits per heavy atom. The summed E-state index contributed by atoms with van der Waals surface area (Å²) in [5, 5.41) is 3.00. The average Bonchev–Trinajstić information content (AvgIpc) is 3.15. The number of likely N-dealkylation sites (N-methyl/N-ethyl adjacent to an activating group) is 1. The second-order valence-electron chi connectivity index (χ2n) is 8.29. The van der Waals surface area contributed by atoms with Crippen molar-refractivity contribution >= 4 is 21.5 Å². The van der Waals surface area contributed by atoms with E-state index in [2.05, 4.69) is 37.1 Å². The molecule has 180 valence electrons. The molecule has 0 saturated carbocycles. The van der Waals surface area contributed by atoms with Crippen molar-refractivity contribution in [3.8, 4) is 11.4 Å². The lowest BCUT2D eigenvalue weighted by molar-refractivity contribution is 0.198. The summed E-state index contributed by atoms with van der Waals surface area (Å²) in [5.74, 6) is 0.305. The van der Waals surface area contributed by atoms with Gasteiger partial charge >= 0.3 is 0 Å². The van der Waals surface area contributed by atoms with E-state index in [0.717, 1.165) is 38.2 Å². The normalized spacial score (nSPS) is 15.2.